The van der Waals surface area contributed by atoms with Crippen molar-refractivity contribution >= 4 is 5.97 Å². The van der Waals surface area contributed by atoms with Crippen molar-refractivity contribution in [3.05, 3.63) is 0 Å². The minimum atomic E-state index is -0.872. The van der Waals surface area contributed by atoms with Crippen molar-refractivity contribution in [2.75, 3.05) is 26.2 Å². The highest BCUT2D eigenvalue weighted by Gasteiger charge is 2.07. The molecule has 5 heteroatoms. The van der Waals surface area contributed by atoms with E-state index in [1.54, 1.807) is 5.01 Å². The fraction of sp³-hybridized carbons (Fsp3) is 0.955. The van der Waals surface area contributed by atoms with Crippen LogP contribution in [0.4, 0.5) is 0 Å². The van der Waals surface area contributed by atoms with E-state index in [0.717, 1.165) is 13.0 Å². The van der Waals surface area contributed by atoms with E-state index in [4.69, 9.17) is 10.2 Å². The summed E-state index contributed by atoms with van der Waals surface area (Å²) in [7, 11) is 0. The third-order valence-corrected chi connectivity index (χ3v) is 5.06. The first kappa shape index (κ1) is 26.4. The van der Waals surface area contributed by atoms with Crippen LogP contribution in [0.15, 0.2) is 0 Å². The average molecular weight is 387 g/mol. The molecule has 0 spiro atoms. The number of hydrazine groups is 1. The van der Waals surface area contributed by atoms with Crippen LogP contribution in [0.5, 0.6) is 0 Å². The average Bonchev–Trinajstić information content (AvgIpc) is 2.64. The summed E-state index contributed by atoms with van der Waals surface area (Å²) in [5.74, 6) is -0.872. The molecule has 0 fully saturated rings. The van der Waals surface area contributed by atoms with Gasteiger partial charge in [-0.05, 0) is 6.42 Å². The predicted molar refractivity (Wildman–Crippen MR) is 114 cm³/mol. The van der Waals surface area contributed by atoms with Crippen molar-refractivity contribution in [3.63, 3.8) is 0 Å². The first-order valence-corrected chi connectivity index (χ1v) is 11.5. The zero-order chi connectivity index (χ0) is 20.0. The third kappa shape index (κ3) is 21.5. The molecule has 0 aliphatic rings. The molecule has 0 amide bonds. The van der Waals surface area contributed by atoms with E-state index in [1.165, 1.54) is 96.3 Å². The Kier molecular flexibility index (Phi) is 21.1. The van der Waals surface area contributed by atoms with Crippen LogP contribution < -0.4 is 5.43 Å². The van der Waals surface area contributed by atoms with Gasteiger partial charge in [0.15, 0.2) is 0 Å². The fourth-order valence-corrected chi connectivity index (χ4v) is 3.41. The fourth-order valence-electron chi connectivity index (χ4n) is 3.41. The van der Waals surface area contributed by atoms with Gasteiger partial charge in [0.1, 0.15) is 6.54 Å². The van der Waals surface area contributed by atoms with Gasteiger partial charge >= 0.3 is 5.97 Å². The maximum atomic E-state index is 10.7. The van der Waals surface area contributed by atoms with Gasteiger partial charge in [0.25, 0.3) is 0 Å². The van der Waals surface area contributed by atoms with Gasteiger partial charge < -0.3 is 10.2 Å². The van der Waals surface area contributed by atoms with E-state index >= 15 is 0 Å². The van der Waals surface area contributed by atoms with Crippen LogP contribution >= 0.6 is 0 Å². The van der Waals surface area contributed by atoms with Gasteiger partial charge in [0.2, 0.25) is 0 Å². The van der Waals surface area contributed by atoms with Crippen LogP contribution in [0.1, 0.15) is 110 Å². The summed E-state index contributed by atoms with van der Waals surface area (Å²) in [4.78, 5) is 10.7. The molecule has 3 N–H and O–H groups in total. The molecule has 0 aromatic carbocycles. The predicted octanol–water partition coefficient (Wildman–Crippen LogP) is 5.13. The molecule has 0 aromatic heterocycles. The van der Waals surface area contributed by atoms with Crippen LogP contribution in [-0.4, -0.2) is 47.4 Å². The maximum absolute atomic E-state index is 10.7. The number of carbonyl (C=O) groups is 1. The first-order chi connectivity index (χ1) is 13.2. The molecule has 0 saturated carbocycles. The molecule has 5 nitrogen and oxygen atoms in total. The van der Waals surface area contributed by atoms with Gasteiger partial charge in [-0.2, -0.15) is 0 Å². The molecule has 0 heterocycles. The molecule has 0 unspecified atom stereocenters. The largest absolute Gasteiger partial charge is 0.480 e. The summed E-state index contributed by atoms with van der Waals surface area (Å²) in [5, 5.41) is 19.3. The van der Waals surface area contributed by atoms with E-state index in [2.05, 4.69) is 12.3 Å². The smallest absolute Gasteiger partial charge is 0.319 e. The highest BCUT2D eigenvalue weighted by molar-refractivity contribution is 5.68. The van der Waals surface area contributed by atoms with Crippen LogP contribution in [0.2, 0.25) is 0 Å². The highest BCUT2D eigenvalue weighted by Crippen LogP contribution is 2.13. The van der Waals surface area contributed by atoms with Gasteiger partial charge in [-0.1, -0.05) is 103 Å². The summed E-state index contributed by atoms with van der Waals surface area (Å²) in [5.41, 5.74) is 3.09. The maximum Gasteiger partial charge on any atom is 0.319 e. The number of aliphatic carboxylic acids is 1. The lowest BCUT2D eigenvalue weighted by Crippen LogP contribution is -2.43. The Morgan fingerprint density at radius 2 is 1.15 bits per heavy atom. The summed E-state index contributed by atoms with van der Waals surface area (Å²) < 4.78 is 0. The van der Waals surface area contributed by atoms with Gasteiger partial charge in [0, 0.05) is 13.1 Å². The van der Waals surface area contributed by atoms with Crippen LogP contribution in [0, 0.1) is 0 Å². The molecule has 0 aromatic rings. The normalized spacial score (nSPS) is 11.4. The number of rotatable bonds is 22. The zero-order valence-electron chi connectivity index (χ0n) is 17.9. The molecular formula is C22H46N2O3. The van der Waals surface area contributed by atoms with Crippen molar-refractivity contribution in [2.24, 2.45) is 0 Å². The molecule has 0 rings (SSSR count). The Hall–Kier alpha value is -0.650. The Bertz CT molecular complexity index is 314. The van der Waals surface area contributed by atoms with Crippen LogP contribution in [0.25, 0.3) is 0 Å². The second-order valence-electron chi connectivity index (χ2n) is 7.75. The van der Waals surface area contributed by atoms with Crippen molar-refractivity contribution < 1.29 is 15.0 Å². The van der Waals surface area contributed by atoms with Gasteiger partial charge in [-0.25, -0.2) is 5.01 Å². The topological polar surface area (TPSA) is 72.8 Å². The Labute approximate surface area is 167 Å². The Morgan fingerprint density at radius 1 is 0.741 bits per heavy atom. The number of nitrogens with one attached hydrogen (secondary N) is 1. The SMILES string of the molecule is CCCCCCCCCCCCCCCCCCNN(CCO)CC(=O)O. The standard InChI is InChI=1S/C22H46N2O3/c1-2-3-4-5-6-7-8-9-10-11-12-13-14-15-16-17-18-23-24(19-20-25)21-22(26)27/h23,25H,2-21H2,1H3,(H,26,27). The van der Waals surface area contributed by atoms with Crippen molar-refractivity contribution in [3.8, 4) is 0 Å². The molecule has 0 saturated heterocycles. The first-order valence-electron chi connectivity index (χ1n) is 11.5. The Morgan fingerprint density at radius 3 is 1.52 bits per heavy atom. The summed E-state index contributed by atoms with van der Waals surface area (Å²) in [6.07, 6.45) is 21.6. The zero-order valence-corrected chi connectivity index (χ0v) is 17.9. The number of carboxylic acids is 1. The summed E-state index contributed by atoms with van der Waals surface area (Å²) in [6.45, 7) is 3.31. The van der Waals surface area contributed by atoms with E-state index < -0.39 is 5.97 Å². The van der Waals surface area contributed by atoms with Crippen LogP contribution in [-0.2, 0) is 4.79 Å². The molecule has 0 radical (unpaired) electrons. The molecule has 27 heavy (non-hydrogen) atoms. The number of unbranched alkanes of at least 4 members (excludes halogenated alkanes) is 15. The second kappa shape index (κ2) is 21.6. The van der Waals surface area contributed by atoms with E-state index in [0.29, 0.717) is 6.54 Å². The van der Waals surface area contributed by atoms with Gasteiger partial charge in [0.05, 0.1) is 6.61 Å². The number of hydrogen-bond donors (Lipinski definition) is 3. The quantitative estimate of drug-likeness (QED) is 0.178. The van der Waals surface area contributed by atoms with Crippen molar-refractivity contribution in [1.29, 1.82) is 0 Å². The molecule has 0 aliphatic carbocycles. The number of nitrogens with zero attached hydrogens (tertiary/aromatic N) is 1. The van der Waals surface area contributed by atoms with Crippen molar-refractivity contribution in [1.82, 2.24) is 10.4 Å². The lowest BCUT2D eigenvalue weighted by atomic mass is 10.0. The number of carboxylic acid groups (broad SMARTS) is 1. The molecule has 162 valence electrons. The minimum Gasteiger partial charge on any atom is -0.480 e. The summed E-state index contributed by atoms with van der Waals surface area (Å²) in [6, 6.07) is 0. The Balaban J connectivity index is 3.21. The third-order valence-electron chi connectivity index (χ3n) is 5.06. The number of aliphatic hydroxyl groups excluding tert-OH is 1. The van der Waals surface area contributed by atoms with Gasteiger partial charge in [-0.3, -0.25) is 10.2 Å². The van der Waals surface area contributed by atoms with E-state index in [-0.39, 0.29) is 13.2 Å². The lowest BCUT2D eigenvalue weighted by molar-refractivity contribution is -0.139. The summed E-state index contributed by atoms with van der Waals surface area (Å²) >= 11 is 0. The molecule has 0 bridgehead atoms. The monoisotopic (exact) mass is 386 g/mol. The van der Waals surface area contributed by atoms with Crippen LogP contribution in [0.3, 0.4) is 0 Å². The van der Waals surface area contributed by atoms with Gasteiger partial charge in [-0.15, -0.1) is 0 Å². The second-order valence-corrected chi connectivity index (χ2v) is 7.75. The highest BCUT2D eigenvalue weighted by atomic mass is 16.4. The van der Waals surface area contributed by atoms with Crippen molar-refractivity contribution in [2.45, 2.75) is 110 Å². The minimum absolute atomic E-state index is 0.0285. The number of aliphatic hydroxyl groups is 1. The number of hydrogen-bond acceptors (Lipinski definition) is 4. The molecular weight excluding hydrogens is 340 g/mol. The lowest BCUT2D eigenvalue weighted by Gasteiger charge is -2.20. The van der Waals surface area contributed by atoms with E-state index in [1.807, 2.05) is 0 Å². The van der Waals surface area contributed by atoms with E-state index in [9.17, 15) is 4.79 Å². The molecule has 0 atom stereocenters. The molecule has 0 aliphatic heterocycles.